The molecule has 156 valence electrons. The minimum atomic E-state index is -0.347. The number of carbonyl (C=O) groups excluding carboxylic acids is 3. The van der Waals surface area contributed by atoms with Crippen LogP contribution in [0.2, 0.25) is 0 Å². The van der Waals surface area contributed by atoms with Crippen molar-refractivity contribution in [2.75, 3.05) is 41.0 Å². The van der Waals surface area contributed by atoms with Crippen LogP contribution in [0.4, 0.5) is 0 Å². The van der Waals surface area contributed by atoms with Crippen molar-refractivity contribution in [2.45, 2.75) is 33.6 Å². The van der Waals surface area contributed by atoms with E-state index in [1.807, 2.05) is 25.9 Å². The molecule has 0 saturated heterocycles. The van der Waals surface area contributed by atoms with Gasteiger partial charge in [0.15, 0.2) is 0 Å². The molecule has 0 aromatic carbocycles. The highest BCUT2D eigenvalue weighted by Crippen LogP contribution is 1.91. The van der Waals surface area contributed by atoms with E-state index in [9.17, 15) is 14.4 Å². The molecule has 0 heterocycles. The number of nitrogens with zero attached hydrogens (tertiary/aromatic N) is 1. The maximum absolute atomic E-state index is 10.8. The maximum Gasteiger partial charge on any atom is 0.333 e. The van der Waals surface area contributed by atoms with Gasteiger partial charge in [-0.1, -0.05) is 33.1 Å². The number of unbranched alkanes of at least 4 members (excludes halogenated alkanes) is 1. The minimum absolute atomic E-state index is 0.313. The molecule has 0 unspecified atom stereocenters. The summed E-state index contributed by atoms with van der Waals surface area (Å²) < 4.78 is 13.8. The van der Waals surface area contributed by atoms with Crippen molar-refractivity contribution in [1.29, 1.82) is 0 Å². The number of ether oxygens (including phenoxy) is 3. The number of rotatable bonds is 9. The van der Waals surface area contributed by atoms with Gasteiger partial charge < -0.3 is 19.1 Å². The molecule has 0 spiro atoms. The van der Waals surface area contributed by atoms with E-state index in [2.05, 4.69) is 29.2 Å². The lowest BCUT2D eigenvalue weighted by molar-refractivity contribution is -0.139. The Morgan fingerprint density at radius 1 is 0.963 bits per heavy atom. The lowest BCUT2D eigenvalue weighted by Crippen LogP contribution is -2.20. The zero-order valence-corrected chi connectivity index (χ0v) is 17.6. The summed E-state index contributed by atoms with van der Waals surface area (Å²) in [5.41, 5.74) is 0.881. The zero-order valence-electron chi connectivity index (χ0n) is 17.6. The van der Waals surface area contributed by atoms with E-state index < -0.39 is 0 Å². The summed E-state index contributed by atoms with van der Waals surface area (Å²) in [6.07, 6.45) is 3.15. The van der Waals surface area contributed by atoms with Crippen LogP contribution in [0.25, 0.3) is 0 Å². The predicted molar refractivity (Wildman–Crippen MR) is 107 cm³/mol. The van der Waals surface area contributed by atoms with Gasteiger partial charge >= 0.3 is 17.9 Å². The van der Waals surface area contributed by atoms with Crippen molar-refractivity contribution in [3.63, 3.8) is 0 Å². The summed E-state index contributed by atoms with van der Waals surface area (Å²) in [6, 6.07) is 0. The summed E-state index contributed by atoms with van der Waals surface area (Å²) in [5, 5.41) is 0. The van der Waals surface area contributed by atoms with Crippen LogP contribution in [-0.4, -0.2) is 63.8 Å². The number of esters is 3. The number of hydrogen-bond acceptors (Lipinski definition) is 7. The van der Waals surface area contributed by atoms with Crippen molar-refractivity contribution in [1.82, 2.24) is 4.90 Å². The van der Waals surface area contributed by atoms with Gasteiger partial charge in [-0.15, -0.1) is 0 Å². The molecule has 0 atom stereocenters. The second-order valence-corrected chi connectivity index (χ2v) is 5.72. The van der Waals surface area contributed by atoms with E-state index in [0.717, 1.165) is 19.4 Å². The van der Waals surface area contributed by atoms with Crippen molar-refractivity contribution in [3.8, 4) is 0 Å². The van der Waals surface area contributed by atoms with Crippen LogP contribution >= 0.6 is 0 Å². The first-order valence-electron chi connectivity index (χ1n) is 8.53. The van der Waals surface area contributed by atoms with Crippen LogP contribution in [0, 0.1) is 0 Å². The Morgan fingerprint density at radius 2 is 1.48 bits per heavy atom. The smallest absolute Gasteiger partial charge is 0.333 e. The molecular formula is C20H35NO6. The van der Waals surface area contributed by atoms with Gasteiger partial charge in [0.2, 0.25) is 0 Å². The molecule has 0 fully saturated rings. The number of methoxy groups -OCH3 is 1. The highest BCUT2D eigenvalue weighted by Gasteiger charge is 2.01. The summed E-state index contributed by atoms with van der Waals surface area (Å²) in [5.74, 6) is -0.990. The van der Waals surface area contributed by atoms with E-state index in [0.29, 0.717) is 24.4 Å². The summed E-state index contributed by atoms with van der Waals surface area (Å²) >= 11 is 0. The molecule has 0 aromatic rings. The predicted octanol–water partition coefficient (Wildman–Crippen LogP) is 2.92. The Kier molecular flexibility index (Phi) is 21.6. The second-order valence-electron chi connectivity index (χ2n) is 5.72. The van der Waals surface area contributed by atoms with Gasteiger partial charge in [-0.3, -0.25) is 0 Å². The molecule has 0 radical (unpaired) electrons. The van der Waals surface area contributed by atoms with Gasteiger partial charge in [-0.05, 0) is 34.4 Å². The molecule has 0 aliphatic carbocycles. The third-order valence-corrected chi connectivity index (χ3v) is 2.56. The van der Waals surface area contributed by atoms with Crippen LogP contribution < -0.4 is 0 Å². The van der Waals surface area contributed by atoms with Crippen LogP contribution in [0.3, 0.4) is 0 Å². The average Bonchev–Trinajstić information content (AvgIpc) is 2.61. The largest absolute Gasteiger partial charge is 0.466 e. The highest BCUT2D eigenvalue weighted by atomic mass is 16.5. The first-order chi connectivity index (χ1) is 12.5. The number of likely N-dealkylation sites (N-methyl/N-ethyl adjacent to an activating group) is 1. The highest BCUT2D eigenvalue weighted by molar-refractivity contribution is 5.87. The fourth-order valence-electron chi connectivity index (χ4n) is 0.994. The average molecular weight is 386 g/mol. The Morgan fingerprint density at radius 3 is 1.78 bits per heavy atom. The summed E-state index contributed by atoms with van der Waals surface area (Å²) in [4.78, 5) is 33.3. The lowest BCUT2D eigenvalue weighted by Gasteiger charge is -2.09. The third-order valence-electron chi connectivity index (χ3n) is 2.56. The zero-order chi connectivity index (χ0) is 21.8. The molecule has 0 N–H and O–H groups in total. The molecule has 0 rings (SSSR count). The van der Waals surface area contributed by atoms with Crippen molar-refractivity contribution in [3.05, 3.63) is 37.0 Å². The molecule has 0 aliphatic heterocycles. The second kappa shape index (κ2) is 19.9. The fourth-order valence-corrected chi connectivity index (χ4v) is 0.994. The van der Waals surface area contributed by atoms with Gasteiger partial charge in [0.25, 0.3) is 0 Å². The Labute approximate surface area is 163 Å². The van der Waals surface area contributed by atoms with Crippen LogP contribution in [-0.2, 0) is 28.6 Å². The molecule has 0 saturated carbocycles. The molecule has 27 heavy (non-hydrogen) atoms. The van der Waals surface area contributed by atoms with E-state index in [1.165, 1.54) is 13.2 Å². The lowest BCUT2D eigenvalue weighted by atomic mass is 10.4. The number of carbonyl (C=O) groups is 3. The van der Waals surface area contributed by atoms with Crippen molar-refractivity contribution < 1.29 is 28.6 Å². The first kappa shape index (κ1) is 29.4. The molecular weight excluding hydrogens is 350 g/mol. The number of hydrogen-bond donors (Lipinski definition) is 0. The van der Waals surface area contributed by atoms with Crippen LogP contribution in [0.15, 0.2) is 37.0 Å². The van der Waals surface area contributed by atoms with E-state index >= 15 is 0 Å². The normalized spacial score (nSPS) is 8.85. The van der Waals surface area contributed by atoms with Crippen molar-refractivity contribution in [2.24, 2.45) is 0 Å². The molecule has 0 aliphatic rings. The Balaban J connectivity index is -0.000000329. The minimum Gasteiger partial charge on any atom is -0.466 e. The maximum atomic E-state index is 10.8. The molecule has 0 aromatic heterocycles. The van der Waals surface area contributed by atoms with E-state index in [1.54, 1.807) is 13.8 Å². The van der Waals surface area contributed by atoms with Crippen LogP contribution in [0.5, 0.6) is 0 Å². The molecule has 7 nitrogen and oxygen atoms in total. The van der Waals surface area contributed by atoms with Crippen LogP contribution in [0.1, 0.15) is 33.6 Å². The molecule has 7 heteroatoms. The first-order valence-corrected chi connectivity index (χ1v) is 8.53. The monoisotopic (exact) mass is 385 g/mol. The molecule has 0 amide bonds. The standard InChI is InChI=1S/C8H15NO2.C7H12O2.C5H8O2/c1-7(2)8(10)11-6-5-9(3)4;1-3-5-6-9-7(8)4-2;1-4(2)5(6)7-3/h1,5-6H2,2-4H3;4H,2-3,5-6H2,1H3;1H2,2-3H3. The fraction of sp³-hybridized carbons (Fsp3) is 0.550. The van der Waals surface area contributed by atoms with Gasteiger partial charge in [-0.2, -0.15) is 0 Å². The van der Waals surface area contributed by atoms with Crippen molar-refractivity contribution >= 4 is 17.9 Å². The Hall–Kier alpha value is -2.41. The van der Waals surface area contributed by atoms with Gasteiger partial charge in [0, 0.05) is 23.8 Å². The molecule has 0 bridgehead atoms. The quantitative estimate of drug-likeness (QED) is 0.261. The van der Waals surface area contributed by atoms with E-state index in [-0.39, 0.29) is 17.9 Å². The van der Waals surface area contributed by atoms with Gasteiger partial charge in [-0.25, -0.2) is 14.4 Å². The SMILES string of the molecule is C=C(C)C(=O)OC.C=C(C)C(=O)OCCN(C)C.C=CC(=O)OCCCC. The Bertz CT molecular complexity index is 483. The van der Waals surface area contributed by atoms with E-state index in [4.69, 9.17) is 4.74 Å². The van der Waals surface area contributed by atoms with Gasteiger partial charge in [0.05, 0.1) is 13.7 Å². The topological polar surface area (TPSA) is 82.1 Å². The summed E-state index contributed by atoms with van der Waals surface area (Å²) in [7, 11) is 5.18. The third kappa shape index (κ3) is 25.9. The summed E-state index contributed by atoms with van der Waals surface area (Å²) in [6.45, 7) is 17.1. The van der Waals surface area contributed by atoms with Gasteiger partial charge in [0.1, 0.15) is 6.61 Å².